The van der Waals surface area contributed by atoms with Gasteiger partial charge in [0.1, 0.15) is 11.6 Å². The van der Waals surface area contributed by atoms with Gasteiger partial charge in [-0.3, -0.25) is 9.36 Å². The number of likely N-dealkylation sites (tertiary alicyclic amines) is 1. The normalized spacial score (nSPS) is 19.3. The van der Waals surface area contributed by atoms with Gasteiger partial charge in [-0.2, -0.15) is 4.98 Å². The molecule has 1 amide bonds. The van der Waals surface area contributed by atoms with Crippen LogP contribution >= 0.6 is 0 Å². The molecule has 8 heteroatoms. The second-order valence-corrected chi connectivity index (χ2v) is 9.76. The number of hydrogen-bond donors (Lipinski definition) is 2. The zero-order chi connectivity index (χ0) is 23.4. The van der Waals surface area contributed by atoms with Crippen LogP contribution in [0, 0.1) is 5.92 Å². The van der Waals surface area contributed by atoms with E-state index in [1.165, 1.54) is 10.8 Å². The van der Waals surface area contributed by atoms with Gasteiger partial charge in [-0.05, 0) is 42.2 Å². The molecule has 1 saturated carbocycles. The Morgan fingerprint density at radius 2 is 1.89 bits per heavy atom. The number of benzene rings is 2. The fraction of sp³-hybridized carbons (Fsp3) is 0.333. The molecule has 0 unspecified atom stereocenters. The van der Waals surface area contributed by atoms with Crippen molar-refractivity contribution in [3.63, 3.8) is 0 Å². The number of carbonyl (C=O) groups excluding carboxylic acids is 1. The molecule has 0 bridgehead atoms. The highest BCUT2D eigenvalue weighted by atomic mass is 16.2. The van der Waals surface area contributed by atoms with Crippen molar-refractivity contribution in [3.05, 3.63) is 66.1 Å². The quantitative estimate of drug-likeness (QED) is 0.469. The number of nitrogens with zero attached hydrogens (tertiary/aromatic N) is 5. The Morgan fingerprint density at radius 1 is 1.00 bits per heavy atom. The number of hydrogen-bond acceptors (Lipinski definition) is 6. The summed E-state index contributed by atoms with van der Waals surface area (Å²) in [4.78, 5) is 28.8. The van der Waals surface area contributed by atoms with E-state index in [4.69, 9.17) is 9.97 Å². The van der Waals surface area contributed by atoms with Crippen LogP contribution in [0.5, 0.6) is 0 Å². The third-order valence-electron chi connectivity index (χ3n) is 7.28. The van der Waals surface area contributed by atoms with E-state index in [1.807, 2.05) is 11.0 Å². The number of fused-ring (bicyclic) bond motifs is 2. The van der Waals surface area contributed by atoms with Crippen LogP contribution in [-0.4, -0.2) is 49.5 Å². The third kappa shape index (κ3) is 3.74. The first-order valence-electron chi connectivity index (χ1n) is 12.4. The van der Waals surface area contributed by atoms with Gasteiger partial charge in [-0.15, -0.1) is 0 Å². The summed E-state index contributed by atoms with van der Waals surface area (Å²) in [5.41, 5.74) is 3.27. The van der Waals surface area contributed by atoms with Gasteiger partial charge >= 0.3 is 0 Å². The minimum atomic E-state index is 0.170. The van der Waals surface area contributed by atoms with Crippen molar-refractivity contribution >= 4 is 22.6 Å². The summed E-state index contributed by atoms with van der Waals surface area (Å²) < 4.78 is 2.16. The standard InChI is InChI=1S/C27H27N7O/c35-26(18-6-7-18)33-12-10-21(16-33)30-27-29-11-9-24(32-27)34-23-15-28-14-22(23)31-25(34)20-8-5-17-3-1-2-4-19(17)13-20/h1-5,8-9,11,13,18,21,28H,6-7,10,12,14-16H2,(H,29,30,32)/t21-/m1/s1. The molecule has 7 rings (SSSR count). The van der Waals surface area contributed by atoms with Gasteiger partial charge in [0.05, 0.1) is 11.4 Å². The fourth-order valence-electron chi connectivity index (χ4n) is 5.28. The van der Waals surface area contributed by atoms with Crippen LogP contribution in [0.1, 0.15) is 30.7 Å². The Bertz CT molecular complexity index is 1440. The predicted molar refractivity (Wildman–Crippen MR) is 134 cm³/mol. The van der Waals surface area contributed by atoms with Crippen molar-refractivity contribution in [2.45, 2.75) is 38.4 Å². The van der Waals surface area contributed by atoms with Gasteiger partial charge < -0.3 is 15.5 Å². The number of amides is 1. The number of aromatic nitrogens is 4. The van der Waals surface area contributed by atoms with Crippen LogP contribution < -0.4 is 10.6 Å². The van der Waals surface area contributed by atoms with E-state index in [0.29, 0.717) is 11.9 Å². The van der Waals surface area contributed by atoms with Gasteiger partial charge in [0.25, 0.3) is 0 Å². The highest BCUT2D eigenvalue weighted by Gasteiger charge is 2.36. The minimum Gasteiger partial charge on any atom is -0.350 e. The molecule has 1 saturated heterocycles. The summed E-state index contributed by atoms with van der Waals surface area (Å²) >= 11 is 0. The first-order chi connectivity index (χ1) is 17.2. The minimum absolute atomic E-state index is 0.170. The van der Waals surface area contributed by atoms with Gasteiger partial charge in [-0.25, -0.2) is 9.97 Å². The molecule has 4 aromatic rings. The number of rotatable bonds is 5. The summed E-state index contributed by atoms with van der Waals surface area (Å²) in [5.74, 6) is 2.86. The molecule has 2 N–H and O–H groups in total. The smallest absolute Gasteiger partial charge is 0.225 e. The Balaban J connectivity index is 1.21. The molecule has 8 nitrogen and oxygen atoms in total. The summed E-state index contributed by atoms with van der Waals surface area (Å²) in [7, 11) is 0. The molecule has 35 heavy (non-hydrogen) atoms. The van der Waals surface area contributed by atoms with E-state index >= 15 is 0 Å². The molecule has 2 aliphatic heterocycles. The van der Waals surface area contributed by atoms with Crippen LogP contribution in [-0.2, 0) is 17.9 Å². The first kappa shape index (κ1) is 20.6. The van der Waals surface area contributed by atoms with Crippen LogP contribution in [0.3, 0.4) is 0 Å². The molecule has 2 fully saturated rings. The number of anilines is 1. The van der Waals surface area contributed by atoms with E-state index < -0.39 is 0 Å². The monoisotopic (exact) mass is 465 g/mol. The maximum atomic E-state index is 12.4. The van der Waals surface area contributed by atoms with E-state index in [0.717, 1.165) is 74.0 Å². The van der Waals surface area contributed by atoms with Crippen LogP contribution in [0.4, 0.5) is 5.95 Å². The third-order valence-corrected chi connectivity index (χ3v) is 7.28. The Labute approximate surface area is 203 Å². The maximum absolute atomic E-state index is 12.4. The molecule has 4 heterocycles. The molecule has 2 aromatic heterocycles. The van der Waals surface area contributed by atoms with Crippen molar-refractivity contribution in [3.8, 4) is 17.2 Å². The summed E-state index contributed by atoms with van der Waals surface area (Å²) in [6, 6.07) is 17.0. The molecule has 1 atom stereocenters. The lowest BCUT2D eigenvalue weighted by Crippen LogP contribution is -2.32. The molecular formula is C27H27N7O. The average Bonchev–Trinajstić information content (AvgIpc) is 3.28. The summed E-state index contributed by atoms with van der Waals surface area (Å²) in [5, 5.41) is 9.28. The summed E-state index contributed by atoms with van der Waals surface area (Å²) in [6.45, 7) is 3.03. The second kappa shape index (κ2) is 8.16. The molecule has 3 aliphatic rings. The van der Waals surface area contributed by atoms with Crippen molar-refractivity contribution < 1.29 is 4.79 Å². The van der Waals surface area contributed by atoms with Gasteiger partial charge in [0.15, 0.2) is 0 Å². The Morgan fingerprint density at radius 3 is 2.77 bits per heavy atom. The van der Waals surface area contributed by atoms with E-state index in [2.05, 4.69) is 62.6 Å². The van der Waals surface area contributed by atoms with Gasteiger partial charge in [0, 0.05) is 49.9 Å². The second-order valence-electron chi connectivity index (χ2n) is 9.76. The molecule has 0 radical (unpaired) electrons. The Kier molecular flexibility index (Phi) is 4.80. The van der Waals surface area contributed by atoms with E-state index in [1.54, 1.807) is 6.20 Å². The van der Waals surface area contributed by atoms with Crippen LogP contribution in [0.25, 0.3) is 28.0 Å². The topological polar surface area (TPSA) is 88.0 Å². The number of nitrogens with one attached hydrogen (secondary N) is 2. The predicted octanol–water partition coefficient (Wildman–Crippen LogP) is 3.51. The highest BCUT2D eigenvalue weighted by Crippen LogP contribution is 2.33. The van der Waals surface area contributed by atoms with Gasteiger partial charge in [-0.1, -0.05) is 36.4 Å². The van der Waals surface area contributed by atoms with Crippen molar-refractivity contribution in [2.75, 3.05) is 18.4 Å². The number of imidazole rings is 1. The lowest BCUT2D eigenvalue weighted by molar-refractivity contribution is -0.131. The molecule has 2 aromatic carbocycles. The lowest BCUT2D eigenvalue weighted by atomic mass is 10.1. The molecule has 0 spiro atoms. The van der Waals surface area contributed by atoms with Gasteiger partial charge in [0.2, 0.25) is 11.9 Å². The van der Waals surface area contributed by atoms with E-state index in [9.17, 15) is 4.79 Å². The average molecular weight is 466 g/mol. The zero-order valence-corrected chi connectivity index (χ0v) is 19.4. The SMILES string of the molecule is O=C(C1CC1)N1CC[C@@H](Nc2nccc(-n3c(-c4ccc5ccccc5c4)nc4c3CNC4)n2)C1. The lowest BCUT2D eigenvalue weighted by Gasteiger charge is -2.17. The highest BCUT2D eigenvalue weighted by molar-refractivity contribution is 5.86. The maximum Gasteiger partial charge on any atom is 0.225 e. The zero-order valence-electron chi connectivity index (χ0n) is 19.4. The van der Waals surface area contributed by atoms with Crippen molar-refractivity contribution in [1.29, 1.82) is 0 Å². The van der Waals surface area contributed by atoms with E-state index in [-0.39, 0.29) is 12.0 Å². The molecule has 1 aliphatic carbocycles. The largest absolute Gasteiger partial charge is 0.350 e. The first-order valence-corrected chi connectivity index (χ1v) is 12.4. The molecular weight excluding hydrogens is 438 g/mol. The summed E-state index contributed by atoms with van der Waals surface area (Å²) in [6.07, 6.45) is 4.80. The molecule has 176 valence electrons. The van der Waals surface area contributed by atoms with Crippen LogP contribution in [0.15, 0.2) is 54.7 Å². The van der Waals surface area contributed by atoms with Crippen molar-refractivity contribution in [2.24, 2.45) is 5.92 Å². The Hall–Kier alpha value is -3.78. The fourth-order valence-corrected chi connectivity index (χ4v) is 5.28. The number of carbonyl (C=O) groups is 1. The van der Waals surface area contributed by atoms with Crippen molar-refractivity contribution in [1.82, 2.24) is 29.7 Å². The van der Waals surface area contributed by atoms with Crippen LogP contribution in [0.2, 0.25) is 0 Å².